The Labute approximate surface area is 225 Å². The van der Waals surface area contributed by atoms with E-state index in [4.69, 9.17) is 39.2 Å². The van der Waals surface area contributed by atoms with Crippen molar-refractivity contribution in [1.29, 1.82) is 0 Å². The van der Waals surface area contributed by atoms with Crippen molar-refractivity contribution >= 4 is 64.1 Å². The Hall–Kier alpha value is -2.93. The van der Waals surface area contributed by atoms with E-state index in [0.717, 1.165) is 25.2 Å². The molecular formula is C27H26Cl3N3O3. The Morgan fingerprint density at radius 1 is 0.972 bits per heavy atom. The van der Waals surface area contributed by atoms with Crippen LogP contribution < -0.4 is 10.2 Å². The van der Waals surface area contributed by atoms with Crippen LogP contribution in [0.1, 0.15) is 25.5 Å². The Balaban J connectivity index is 1.34. The number of anilines is 2. The predicted octanol–water partition coefficient (Wildman–Crippen LogP) is 7.01. The summed E-state index contributed by atoms with van der Waals surface area (Å²) in [5.74, 6) is 0.976. The van der Waals surface area contributed by atoms with Crippen molar-refractivity contribution in [3.8, 4) is 11.3 Å². The van der Waals surface area contributed by atoms with E-state index < -0.39 is 0 Å². The molecule has 0 bridgehead atoms. The van der Waals surface area contributed by atoms with E-state index in [9.17, 15) is 9.59 Å². The fourth-order valence-corrected chi connectivity index (χ4v) is 4.83. The second kappa shape index (κ2) is 11.9. The lowest BCUT2D eigenvalue weighted by Gasteiger charge is -2.36. The molecule has 1 fully saturated rings. The molecule has 2 aromatic carbocycles. The molecular weight excluding hydrogens is 521 g/mol. The van der Waals surface area contributed by atoms with Crippen LogP contribution in [0.4, 0.5) is 11.4 Å². The zero-order valence-corrected chi connectivity index (χ0v) is 22.0. The second-order valence-corrected chi connectivity index (χ2v) is 9.68. The third kappa shape index (κ3) is 6.44. The van der Waals surface area contributed by atoms with Crippen molar-refractivity contribution in [1.82, 2.24) is 4.90 Å². The standard InChI is InChI=1S/C27H26Cl3N3O3/c1-2-3-27(35)33-14-12-32(13-15-33)24-9-5-19(17-23(24)30)31-26(34)11-7-20-6-10-25(36-20)21-8-4-18(28)16-22(21)29/h4-11,16-17H,2-3,12-15H2,1H3,(H,31,34)/b11-7+. The normalized spacial score (nSPS) is 13.9. The quantitative estimate of drug-likeness (QED) is 0.324. The van der Waals surface area contributed by atoms with E-state index in [1.54, 1.807) is 42.5 Å². The maximum Gasteiger partial charge on any atom is 0.248 e. The molecule has 36 heavy (non-hydrogen) atoms. The summed E-state index contributed by atoms with van der Waals surface area (Å²) < 4.78 is 5.78. The van der Waals surface area contributed by atoms with Gasteiger partial charge in [0.2, 0.25) is 11.8 Å². The number of carbonyl (C=O) groups excluding carboxylic acids is 2. The Morgan fingerprint density at radius 2 is 1.75 bits per heavy atom. The molecule has 9 heteroatoms. The van der Waals surface area contributed by atoms with Gasteiger partial charge < -0.3 is 19.5 Å². The van der Waals surface area contributed by atoms with Gasteiger partial charge in [-0.05, 0) is 61.0 Å². The van der Waals surface area contributed by atoms with Gasteiger partial charge in [0, 0.05) is 54.9 Å². The van der Waals surface area contributed by atoms with Crippen LogP contribution in [0.2, 0.25) is 15.1 Å². The van der Waals surface area contributed by atoms with Crippen LogP contribution in [0.5, 0.6) is 0 Å². The number of furan rings is 1. The number of rotatable bonds is 7. The average molecular weight is 547 g/mol. The van der Waals surface area contributed by atoms with E-state index in [2.05, 4.69) is 10.2 Å². The van der Waals surface area contributed by atoms with Gasteiger partial charge in [0.1, 0.15) is 11.5 Å². The molecule has 188 valence electrons. The van der Waals surface area contributed by atoms with E-state index in [-0.39, 0.29) is 11.8 Å². The number of nitrogens with one attached hydrogen (secondary N) is 1. The number of benzene rings is 2. The minimum atomic E-state index is -0.315. The molecule has 2 amide bonds. The highest BCUT2D eigenvalue weighted by molar-refractivity contribution is 6.36. The van der Waals surface area contributed by atoms with Crippen LogP contribution in [-0.2, 0) is 9.59 Å². The zero-order chi connectivity index (χ0) is 25.7. The van der Waals surface area contributed by atoms with Gasteiger partial charge in [-0.1, -0.05) is 41.7 Å². The van der Waals surface area contributed by atoms with Crippen molar-refractivity contribution in [2.75, 3.05) is 36.4 Å². The molecule has 0 atom stereocenters. The zero-order valence-electron chi connectivity index (χ0n) is 19.8. The number of carbonyl (C=O) groups is 2. The van der Waals surface area contributed by atoms with Crippen LogP contribution in [0, 0.1) is 0 Å². The minimum Gasteiger partial charge on any atom is -0.457 e. The van der Waals surface area contributed by atoms with Gasteiger partial charge in [0.25, 0.3) is 0 Å². The first-order valence-electron chi connectivity index (χ1n) is 11.7. The highest BCUT2D eigenvalue weighted by Crippen LogP contribution is 2.32. The summed E-state index contributed by atoms with van der Waals surface area (Å²) in [6.45, 7) is 4.80. The van der Waals surface area contributed by atoms with Crippen LogP contribution >= 0.6 is 34.8 Å². The van der Waals surface area contributed by atoms with Gasteiger partial charge in [0.05, 0.1) is 15.7 Å². The van der Waals surface area contributed by atoms with Crippen molar-refractivity contribution in [2.45, 2.75) is 19.8 Å². The first-order valence-corrected chi connectivity index (χ1v) is 12.8. The third-order valence-corrected chi connectivity index (χ3v) is 6.73. The lowest BCUT2D eigenvalue weighted by molar-refractivity contribution is -0.131. The van der Waals surface area contributed by atoms with E-state index in [1.807, 2.05) is 24.0 Å². The summed E-state index contributed by atoms with van der Waals surface area (Å²) in [5.41, 5.74) is 2.19. The molecule has 3 aromatic rings. The molecule has 0 saturated carbocycles. The van der Waals surface area contributed by atoms with Crippen molar-refractivity contribution in [3.05, 3.63) is 75.4 Å². The molecule has 6 nitrogen and oxygen atoms in total. The lowest BCUT2D eigenvalue weighted by Crippen LogP contribution is -2.48. The molecule has 1 N–H and O–H groups in total. The molecule has 0 aliphatic carbocycles. The number of amides is 2. The van der Waals surface area contributed by atoms with Crippen LogP contribution in [0.3, 0.4) is 0 Å². The van der Waals surface area contributed by atoms with Crippen molar-refractivity contribution in [2.24, 2.45) is 0 Å². The van der Waals surface area contributed by atoms with Crippen molar-refractivity contribution in [3.63, 3.8) is 0 Å². The summed E-state index contributed by atoms with van der Waals surface area (Å²) >= 11 is 18.7. The smallest absolute Gasteiger partial charge is 0.248 e. The number of piperazine rings is 1. The Bertz CT molecular complexity index is 1280. The van der Waals surface area contributed by atoms with E-state index >= 15 is 0 Å². The Kier molecular flexibility index (Phi) is 8.62. The first kappa shape index (κ1) is 26.1. The monoisotopic (exact) mass is 545 g/mol. The van der Waals surface area contributed by atoms with Crippen LogP contribution in [0.15, 0.2) is 59.0 Å². The Morgan fingerprint density at radius 3 is 2.44 bits per heavy atom. The minimum absolute atomic E-state index is 0.203. The molecule has 1 aliphatic heterocycles. The van der Waals surface area contributed by atoms with Gasteiger partial charge in [-0.25, -0.2) is 0 Å². The van der Waals surface area contributed by atoms with E-state index in [0.29, 0.717) is 57.3 Å². The highest BCUT2D eigenvalue weighted by Gasteiger charge is 2.22. The van der Waals surface area contributed by atoms with Gasteiger partial charge in [-0.15, -0.1) is 0 Å². The SMILES string of the molecule is CCCC(=O)N1CCN(c2ccc(NC(=O)/C=C/c3ccc(-c4ccc(Cl)cc4Cl)o3)cc2Cl)CC1. The summed E-state index contributed by atoms with van der Waals surface area (Å²) in [5, 5.41) is 4.38. The lowest BCUT2D eigenvalue weighted by atomic mass is 10.2. The first-order chi connectivity index (χ1) is 17.3. The van der Waals surface area contributed by atoms with Gasteiger partial charge in [0.15, 0.2) is 0 Å². The maximum absolute atomic E-state index is 12.4. The number of hydrogen-bond donors (Lipinski definition) is 1. The third-order valence-electron chi connectivity index (χ3n) is 5.87. The molecule has 2 heterocycles. The molecule has 1 aliphatic rings. The fourth-order valence-electron chi connectivity index (χ4n) is 4.03. The average Bonchev–Trinajstić information content (AvgIpc) is 3.32. The van der Waals surface area contributed by atoms with Gasteiger partial charge in [-0.3, -0.25) is 9.59 Å². The number of nitrogens with zero attached hydrogens (tertiary/aromatic N) is 2. The van der Waals surface area contributed by atoms with E-state index in [1.165, 1.54) is 6.08 Å². The summed E-state index contributed by atoms with van der Waals surface area (Å²) in [6.07, 6.45) is 4.41. The molecule has 4 rings (SSSR count). The van der Waals surface area contributed by atoms with Gasteiger partial charge >= 0.3 is 0 Å². The number of hydrogen-bond acceptors (Lipinski definition) is 4. The number of halogens is 3. The van der Waals surface area contributed by atoms with Crippen molar-refractivity contribution < 1.29 is 14.0 Å². The molecule has 0 spiro atoms. The molecule has 1 saturated heterocycles. The molecule has 1 aromatic heterocycles. The largest absolute Gasteiger partial charge is 0.457 e. The van der Waals surface area contributed by atoms with Gasteiger partial charge in [-0.2, -0.15) is 0 Å². The summed E-state index contributed by atoms with van der Waals surface area (Å²) in [4.78, 5) is 28.6. The second-order valence-electron chi connectivity index (χ2n) is 8.43. The molecule has 0 unspecified atom stereocenters. The fraction of sp³-hybridized carbons (Fsp3) is 0.259. The summed E-state index contributed by atoms with van der Waals surface area (Å²) in [6, 6.07) is 14.1. The highest BCUT2D eigenvalue weighted by atomic mass is 35.5. The summed E-state index contributed by atoms with van der Waals surface area (Å²) in [7, 11) is 0. The maximum atomic E-state index is 12.4. The molecule has 0 radical (unpaired) electrons. The van der Waals surface area contributed by atoms with Crippen LogP contribution in [0.25, 0.3) is 17.4 Å². The van der Waals surface area contributed by atoms with Crippen LogP contribution in [-0.4, -0.2) is 42.9 Å². The predicted molar refractivity (Wildman–Crippen MR) is 147 cm³/mol. The topological polar surface area (TPSA) is 65.8 Å².